The smallest absolute Gasteiger partial charge is 0.149 e. The van der Waals surface area contributed by atoms with E-state index in [9.17, 15) is 0 Å². The normalized spacial score (nSPS) is 16.4. The number of rotatable bonds is 4. The van der Waals surface area contributed by atoms with Gasteiger partial charge in [-0.15, -0.1) is 11.3 Å². The van der Waals surface area contributed by atoms with Gasteiger partial charge < -0.3 is 11.1 Å². The van der Waals surface area contributed by atoms with Crippen LogP contribution in [0.25, 0.3) is 10.6 Å². The van der Waals surface area contributed by atoms with Crippen molar-refractivity contribution in [3.63, 3.8) is 0 Å². The quantitative estimate of drug-likeness (QED) is 0.890. The molecule has 0 radical (unpaired) electrons. The summed E-state index contributed by atoms with van der Waals surface area (Å²) in [6, 6.07) is 0. The Morgan fingerprint density at radius 2 is 2.15 bits per heavy atom. The van der Waals surface area contributed by atoms with Crippen LogP contribution in [0.1, 0.15) is 37.8 Å². The Morgan fingerprint density at radius 3 is 2.85 bits per heavy atom. The summed E-state index contributed by atoms with van der Waals surface area (Å²) in [7, 11) is 0. The van der Waals surface area contributed by atoms with Crippen molar-refractivity contribution in [2.45, 2.75) is 39.0 Å². The zero-order chi connectivity index (χ0) is 13.9. The molecule has 108 valence electrons. The van der Waals surface area contributed by atoms with Gasteiger partial charge in [-0.25, -0.2) is 4.98 Å². The van der Waals surface area contributed by atoms with Crippen molar-refractivity contribution in [1.29, 1.82) is 0 Å². The highest BCUT2D eigenvalue weighted by atomic mass is 32.1. The summed E-state index contributed by atoms with van der Waals surface area (Å²) in [6.45, 7) is 3.03. The average molecular weight is 308 g/mol. The van der Waals surface area contributed by atoms with Crippen LogP contribution in [0.4, 0.5) is 10.8 Å². The maximum Gasteiger partial charge on any atom is 0.149 e. The Kier molecular flexibility index (Phi) is 4.21. The van der Waals surface area contributed by atoms with Crippen molar-refractivity contribution in [3.8, 4) is 10.6 Å². The van der Waals surface area contributed by atoms with Crippen LogP contribution in [0.3, 0.4) is 0 Å². The summed E-state index contributed by atoms with van der Waals surface area (Å²) >= 11 is 3.08. The van der Waals surface area contributed by atoms with Crippen molar-refractivity contribution >= 4 is 33.7 Å². The molecule has 20 heavy (non-hydrogen) atoms. The number of thiazole rings is 1. The van der Waals surface area contributed by atoms with Gasteiger partial charge >= 0.3 is 0 Å². The maximum atomic E-state index is 6.02. The summed E-state index contributed by atoms with van der Waals surface area (Å²) < 4.78 is 4.29. The van der Waals surface area contributed by atoms with Crippen LogP contribution in [0.5, 0.6) is 0 Å². The monoisotopic (exact) mass is 308 g/mol. The third kappa shape index (κ3) is 2.96. The van der Waals surface area contributed by atoms with Crippen LogP contribution in [-0.4, -0.2) is 15.9 Å². The van der Waals surface area contributed by atoms with E-state index in [1.807, 2.05) is 6.92 Å². The second kappa shape index (κ2) is 6.10. The maximum absolute atomic E-state index is 6.02. The zero-order valence-electron chi connectivity index (χ0n) is 11.7. The minimum absolute atomic E-state index is 0.593. The van der Waals surface area contributed by atoms with Gasteiger partial charge in [0, 0.05) is 17.6 Å². The molecule has 2 heterocycles. The first-order valence-electron chi connectivity index (χ1n) is 7.15. The summed E-state index contributed by atoms with van der Waals surface area (Å²) in [6.07, 6.45) is 6.82. The summed E-state index contributed by atoms with van der Waals surface area (Å²) in [5.41, 5.74) is 8.04. The SMILES string of the molecule is Cc1csc(-c2c(N)nsc2NCC2CCCCC2)n1. The Bertz CT molecular complexity index is 569. The molecule has 4 nitrogen and oxygen atoms in total. The van der Waals surface area contributed by atoms with Crippen molar-refractivity contribution in [2.24, 2.45) is 5.92 Å². The molecule has 0 unspecified atom stereocenters. The zero-order valence-corrected chi connectivity index (χ0v) is 13.3. The molecule has 0 aromatic carbocycles. The van der Waals surface area contributed by atoms with Crippen molar-refractivity contribution in [1.82, 2.24) is 9.36 Å². The summed E-state index contributed by atoms with van der Waals surface area (Å²) in [5, 5.41) is 7.65. The van der Waals surface area contributed by atoms with Crippen LogP contribution in [-0.2, 0) is 0 Å². The van der Waals surface area contributed by atoms with E-state index in [4.69, 9.17) is 5.73 Å². The van der Waals surface area contributed by atoms with E-state index in [2.05, 4.69) is 20.1 Å². The lowest BCUT2D eigenvalue weighted by molar-refractivity contribution is 0.373. The molecule has 1 aliphatic rings. The molecular formula is C14H20N4S2. The Labute approximate surface area is 127 Å². The largest absolute Gasteiger partial charge is 0.382 e. The summed E-state index contributed by atoms with van der Waals surface area (Å²) in [5.74, 6) is 1.38. The molecule has 1 aliphatic carbocycles. The van der Waals surface area contributed by atoms with Crippen LogP contribution >= 0.6 is 22.9 Å². The van der Waals surface area contributed by atoms with E-state index in [-0.39, 0.29) is 0 Å². The van der Waals surface area contributed by atoms with E-state index in [1.54, 1.807) is 11.3 Å². The number of anilines is 2. The van der Waals surface area contributed by atoms with Gasteiger partial charge in [-0.2, -0.15) is 4.37 Å². The number of hydrogen-bond donors (Lipinski definition) is 2. The van der Waals surface area contributed by atoms with Crippen LogP contribution < -0.4 is 11.1 Å². The van der Waals surface area contributed by atoms with Crippen molar-refractivity contribution < 1.29 is 0 Å². The highest BCUT2D eigenvalue weighted by Gasteiger charge is 2.18. The number of nitrogens with zero attached hydrogens (tertiary/aromatic N) is 2. The van der Waals surface area contributed by atoms with Crippen LogP contribution in [0.15, 0.2) is 5.38 Å². The van der Waals surface area contributed by atoms with Gasteiger partial charge in [0.05, 0.1) is 5.56 Å². The van der Waals surface area contributed by atoms with Crippen molar-refractivity contribution in [3.05, 3.63) is 11.1 Å². The third-order valence-electron chi connectivity index (χ3n) is 3.83. The molecule has 1 saturated carbocycles. The average Bonchev–Trinajstić information content (AvgIpc) is 3.03. The van der Waals surface area contributed by atoms with E-state index >= 15 is 0 Å². The first-order valence-corrected chi connectivity index (χ1v) is 8.81. The minimum atomic E-state index is 0.593. The topological polar surface area (TPSA) is 63.8 Å². The molecular weight excluding hydrogens is 288 g/mol. The molecule has 2 aromatic heterocycles. The van der Waals surface area contributed by atoms with Gasteiger partial charge in [0.15, 0.2) is 0 Å². The van der Waals surface area contributed by atoms with Gasteiger partial charge in [0.1, 0.15) is 15.8 Å². The molecule has 0 saturated heterocycles. The van der Waals surface area contributed by atoms with Gasteiger partial charge in [-0.3, -0.25) is 0 Å². The molecule has 3 rings (SSSR count). The molecule has 0 spiro atoms. The number of hydrogen-bond acceptors (Lipinski definition) is 6. The molecule has 0 atom stereocenters. The van der Waals surface area contributed by atoms with Gasteiger partial charge in [0.25, 0.3) is 0 Å². The van der Waals surface area contributed by atoms with Crippen LogP contribution in [0, 0.1) is 12.8 Å². The lowest BCUT2D eigenvalue weighted by Crippen LogP contribution is -2.16. The Morgan fingerprint density at radius 1 is 1.35 bits per heavy atom. The molecule has 0 aliphatic heterocycles. The first-order chi connectivity index (χ1) is 9.74. The fraction of sp³-hybridized carbons (Fsp3) is 0.571. The van der Waals surface area contributed by atoms with Crippen LogP contribution in [0.2, 0.25) is 0 Å². The standard InChI is InChI=1S/C14H20N4S2/c1-9-8-19-14(17-9)11-12(15)18-20-13(11)16-7-10-5-3-2-4-6-10/h8,10,16H,2-7H2,1H3,(H2,15,18). The number of aryl methyl sites for hydroxylation is 1. The van der Waals surface area contributed by atoms with E-state index in [0.717, 1.165) is 33.7 Å². The lowest BCUT2D eigenvalue weighted by Gasteiger charge is -2.21. The van der Waals surface area contributed by atoms with Gasteiger partial charge in [-0.05, 0) is 37.2 Å². The predicted molar refractivity (Wildman–Crippen MR) is 87.4 cm³/mol. The van der Waals surface area contributed by atoms with Gasteiger partial charge in [-0.1, -0.05) is 19.3 Å². The van der Waals surface area contributed by atoms with E-state index < -0.39 is 0 Å². The number of nitrogens with two attached hydrogens (primary N) is 1. The number of nitrogens with one attached hydrogen (secondary N) is 1. The number of nitrogen functional groups attached to an aromatic ring is 1. The fourth-order valence-corrected chi connectivity index (χ4v) is 4.37. The molecule has 0 amide bonds. The molecule has 6 heteroatoms. The highest BCUT2D eigenvalue weighted by molar-refractivity contribution is 7.15. The third-order valence-corrected chi connectivity index (χ3v) is 5.62. The highest BCUT2D eigenvalue weighted by Crippen LogP contribution is 2.38. The molecule has 2 aromatic rings. The second-order valence-electron chi connectivity index (χ2n) is 5.45. The molecule has 0 bridgehead atoms. The summed E-state index contributed by atoms with van der Waals surface area (Å²) in [4.78, 5) is 4.53. The molecule has 3 N–H and O–H groups in total. The molecule has 1 fully saturated rings. The fourth-order valence-electron chi connectivity index (χ4n) is 2.73. The Balaban J connectivity index is 1.73. The first kappa shape index (κ1) is 13.8. The number of aromatic nitrogens is 2. The Hall–Kier alpha value is -1.14. The lowest BCUT2D eigenvalue weighted by atomic mass is 9.89. The van der Waals surface area contributed by atoms with Gasteiger partial charge in [0.2, 0.25) is 0 Å². The van der Waals surface area contributed by atoms with E-state index in [1.165, 1.54) is 43.6 Å². The van der Waals surface area contributed by atoms with Crippen molar-refractivity contribution in [2.75, 3.05) is 17.6 Å². The predicted octanol–water partition coefficient (Wildman–Crippen LogP) is 4.15. The second-order valence-corrected chi connectivity index (χ2v) is 7.08. The minimum Gasteiger partial charge on any atom is -0.382 e. The van der Waals surface area contributed by atoms with E-state index in [0.29, 0.717) is 5.82 Å².